The topological polar surface area (TPSA) is 34.0 Å². The number of nitrogens with zero attached hydrogens (tertiary/aromatic N) is 4. The van der Waals surface area contributed by atoms with Gasteiger partial charge in [0.25, 0.3) is 0 Å². The van der Waals surface area contributed by atoms with Crippen molar-refractivity contribution < 1.29 is 0 Å². The number of aromatic nitrogens is 3. The highest BCUT2D eigenvalue weighted by Gasteiger charge is 2.25. The second kappa shape index (κ2) is 7.50. The summed E-state index contributed by atoms with van der Waals surface area (Å²) in [6.07, 6.45) is 6.51. The molecule has 0 bridgehead atoms. The van der Waals surface area contributed by atoms with Gasteiger partial charge in [0, 0.05) is 43.3 Å². The lowest BCUT2D eigenvalue weighted by Gasteiger charge is -2.32. The summed E-state index contributed by atoms with van der Waals surface area (Å²) in [5, 5.41) is 3.34. The summed E-state index contributed by atoms with van der Waals surface area (Å²) < 4.78 is 2.32. The predicted molar refractivity (Wildman–Crippen MR) is 102 cm³/mol. The van der Waals surface area contributed by atoms with Crippen molar-refractivity contribution in [2.24, 2.45) is 0 Å². The van der Waals surface area contributed by atoms with Crippen LogP contribution in [0.4, 0.5) is 0 Å². The number of piperidine rings is 1. The van der Waals surface area contributed by atoms with Crippen LogP contribution in [0.1, 0.15) is 40.8 Å². The summed E-state index contributed by atoms with van der Waals surface area (Å²) in [5.74, 6) is 1.73. The summed E-state index contributed by atoms with van der Waals surface area (Å²) in [6, 6.07) is 10.6. The smallest absolute Gasteiger partial charge is 0.113 e. The molecule has 2 aromatic heterocycles. The molecule has 1 aliphatic rings. The van der Waals surface area contributed by atoms with E-state index in [2.05, 4.69) is 63.3 Å². The van der Waals surface area contributed by atoms with E-state index in [0.29, 0.717) is 5.92 Å². The highest BCUT2D eigenvalue weighted by atomic mass is 32.1. The molecular formula is C20H24N4S. The van der Waals surface area contributed by atoms with Crippen LogP contribution in [0, 0.1) is 6.92 Å². The van der Waals surface area contributed by atoms with Gasteiger partial charge in [0.15, 0.2) is 0 Å². The maximum Gasteiger partial charge on any atom is 0.113 e. The van der Waals surface area contributed by atoms with Crippen molar-refractivity contribution in [1.29, 1.82) is 0 Å². The molecule has 4 nitrogen and oxygen atoms in total. The van der Waals surface area contributed by atoms with Crippen molar-refractivity contribution in [3.8, 4) is 0 Å². The number of benzene rings is 1. The van der Waals surface area contributed by atoms with E-state index in [1.54, 1.807) is 11.3 Å². The van der Waals surface area contributed by atoms with Crippen LogP contribution in [0.15, 0.2) is 48.1 Å². The number of hydrogen-bond donors (Lipinski definition) is 0. The molecule has 0 saturated carbocycles. The molecule has 1 aromatic carbocycles. The van der Waals surface area contributed by atoms with Gasteiger partial charge in [-0.2, -0.15) is 0 Å². The van der Waals surface area contributed by atoms with Crippen LogP contribution in [0.3, 0.4) is 0 Å². The number of hydrogen-bond acceptors (Lipinski definition) is 4. The third kappa shape index (κ3) is 3.99. The minimum atomic E-state index is 0.507. The van der Waals surface area contributed by atoms with Crippen molar-refractivity contribution in [2.75, 3.05) is 13.1 Å². The maximum atomic E-state index is 4.70. The van der Waals surface area contributed by atoms with Gasteiger partial charge in [-0.1, -0.05) is 30.3 Å². The fraction of sp³-hybridized carbons (Fsp3) is 0.400. The Morgan fingerprint density at radius 1 is 1.20 bits per heavy atom. The van der Waals surface area contributed by atoms with Crippen molar-refractivity contribution in [3.63, 3.8) is 0 Å². The predicted octanol–water partition coefficient (Wildman–Crippen LogP) is 4.08. The van der Waals surface area contributed by atoms with Gasteiger partial charge in [-0.05, 0) is 31.9 Å². The number of thiazole rings is 1. The number of imidazole rings is 1. The van der Waals surface area contributed by atoms with E-state index in [0.717, 1.165) is 31.2 Å². The standard InChI is InChI=1S/C20H24N4S/c1-16-22-19(15-25-16)14-23-10-5-8-18(13-23)20-21-9-11-24(20)12-17-6-3-2-4-7-17/h2-4,6-7,9,11,15,18H,5,8,10,12-14H2,1H3/t18-/m0/s1. The Balaban J connectivity index is 1.45. The molecule has 3 heterocycles. The van der Waals surface area contributed by atoms with Crippen LogP contribution >= 0.6 is 11.3 Å². The number of likely N-dealkylation sites (tertiary alicyclic amines) is 1. The van der Waals surface area contributed by atoms with Gasteiger partial charge in [-0.25, -0.2) is 9.97 Å². The van der Waals surface area contributed by atoms with E-state index in [1.165, 1.54) is 29.9 Å². The summed E-state index contributed by atoms with van der Waals surface area (Å²) in [5.41, 5.74) is 2.53. The lowest BCUT2D eigenvalue weighted by Crippen LogP contribution is -2.35. The van der Waals surface area contributed by atoms with Crippen molar-refractivity contribution in [2.45, 2.75) is 38.8 Å². The number of aryl methyl sites for hydroxylation is 1. The molecule has 0 aliphatic carbocycles. The zero-order valence-corrected chi connectivity index (χ0v) is 15.5. The summed E-state index contributed by atoms with van der Waals surface area (Å²) in [4.78, 5) is 11.9. The number of rotatable bonds is 5. The van der Waals surface area contributed by atoms with E-state index in [9.17, 15) is 0 Å². The lowest BCUT2D eigenvalue weighted by molar-refractivity contribution is 0.193. The molecule has 3 aromatic rings. The van der Waals surface area contributed by atoms with Gasteiger partial charge in [0.1, 0.15) is 5.82 Å². The van der Waals surface area contributed by atoms with E-state index in [1.807, 2.05) is 6.20 Å². The molecule has 130 valence electrons. The molecule has 25 heavy (non-hydrogen) atoms. The van der Waals surface area contributed by atoms with Crippen molar-refractivity contribution >= 4 is 11.3 Å². The molecule has 1 aliphatic heterocycles. The van der Waals surface area contributed by atoms with E-state index < -0.39 is 0 Å². The normalized spacial score (nSPS) is 18.5. The first-order valence-corrected chi connectivity index (χ1v) is 9.84. The van der Waals surface area contributed by atoms with Gasteiger partial charge in [0.2, 0.25) is 0 Å². The summed E-state index contributed by atoms with van der Waals surface area (Å²) in [6.45, 7) is 6.17. The Kier molecular flexibility index (Phi) is 4.95. The Hall–Kier alpha value is -1.98. The highest BCUT2D eigenvalue weighted by Crippen LogP contribution is 2.27. The van der Waals surface area contributed by atoms with Crippen LogP contribution in [0.25, 0.3) is 0 Å². The van der Waals surface area contributed by atoms with Crippen LogP contribution in [-0.2, 0) is 13.1 Å². The molecule has 5 heteroatoms. The minimum absolute atomic E-state index is 0.507. The Bertz CT molecular complexity index is 808. The molecule has 0 amide bonds. The van der Waals surface area contributed by atoms with Crippen LogP contribution in [0.2, 0.25) is 0 Å². The second-order valence-electron chi connectivity index (χ2n) is 6.83. The van der Waals surface area contributed by atoms with Gasteiger partial charge in [0.05, 0.1) is 10.7 Å². The van der Waals surface area contributed by atoms with E-state index in [4.69, 9.17) is 4.98 Å². The van der Waals surface area contributed by atoms with Gasteiger partial charge < -0.3 is 4.57 Å². The average Bonchev–Trinajstić information content (AvgIpc) is 3.25. The van der Waals surface area contributed by atoms with Gasteiger partial charge in [-0.15, -0.1) is 11.3 Å². The van der Waals surface area contributed by atoms with Gasteiger partial charge >= 0.3 is 0 Å². The second-order valence-corrected chi connectivity index (χ2v) is 7.89. The van der Waals surface area contributed by atoms with E-state index >= 15 is 0 Å². The molecule has 0 N–H and O–H groups in total. The van der Waals surface area contributed by atoms with Crippen molar-refractivity contribution in [1.82, 2.24) is 19.4 Å². The minimum Gasteiger partial charge on any atom is -0.330 e. The maximum absolute atomic E-state index is 4.70. The molecule has 0 unspecified atom stereocenters. The molecule has 0 spiro atoms. The quantitative estimate of drug-likeness (QED) is 0.694. The average molecular weight is 353 g/mol. The molecule has 1 saturated heterocycles. The molecule has 0 radical (unpaired) electrons. The highest BCUT2D eigenvalue weighted by molar-refractivity contribution is 7.09. The van der Waals surface area contributed by atoms with E-state index in [-0.39, 0.29) is 0 Å². The fourth-order valence-corrected chi connectivity index (χ4v) is 4.32. The third-order valence-electron chi connectivity index (χ3n) is 4.87. The fourth-order valence-electron chi connectivity index (χ4n) is 3.71. The van der Waals surface area contributed by atoms with Crippen LogP contribution < -0.4 is 0 Å². The zero-order valence-electron chi connectivity index (χ0n) is 14.6. The molecule has 4 rings (SSSR count). The molecular weight excluding hydrogens is 328 g/mol. The SMILES string of the molecule is Cc1nc(CN2CCC[C@H](c3nccn3Cc3ccccc3)C2)cs1. The first kappa shape index (κ1) is 16.5. The van der Waals surface area contributed by atoms with Crippen LogP contribution in [-0.4, -0.2) is 32.5 Å². The monoisotopic (exact) mass is 352 g/mol. The lowest BCUT2D eigenvalue weighted by atomic mass is 9.97. The Morgan fingerprint density at radius 3 is 2.88 bits per heavy atom. The van der Waals surface area contributed by atoms with Gasteiger partial charge in [-0.3, -0.25) is 4.90 Å². The van der Waals surface area contributed by atoms with Crippen LogP contribution in [0.5, 0.6) is 0 Å². The first-order chi connectivity index (χ1) is 12.3. The molecule has 1 fully saturated rings. The largest absolute Gasteiger partial charge is 0.330 e. The Labute approximate surface area is 153 Å². The first-order valence-electron chi connectivity index (χ1n) is 8.96. The molecule has 1 atom stereocenters. The third-order valence-corrected chi connectivity index (χ3v) is 5.69. The summed E-state index contributed by atoms with van der Waals surface area (Å²) >= 11 is 1.74. The zero-order chi connectivity index (χ0) is 17.1. The summed E-state index contributed by atoms with van der Waals surface area (Å²) in [7, 11) is 0. The van der Waals surface area contributed by atoms with Crippen molar-refractivity contribution in [3.05, 3.63) is 70.2 Å². The Morgan fingerprint density at radius 2 is 2.08 bits per heavy atom.